The lowest BCUT2D eigenvalue weighted by molar-refractivity contribution is -0.123. The highest BCUT2D eigenvalue weighted by Gasteiger charge is 2.23. The first-order valence-electron chi connectivity index (χ1n) is 5.49. The molecule has 0 bridgehead atoms. The van der Waals surface area contributed by atoms with Crippen molar-refractivity contribution < 1.29 is 9.53 Å². The number of hydrogen-bond donors (Lipinski definition) is 2. The average Bonchev–Trinajstić information content (AvgIpc) is 3.10. The third kappa shape index (κ3) is 4.63. The molecule has 3 N–H and O–H groups in total. The first-order chi connectivity index (χ1) is 7.78. The zero-order valence-corrected chi connectivity index (χ0v) is 10.3. The van der Waals surface area contributed by atoms with Crippen LogP contribution in [0.1, 0.15) is 18.4 Å². The maximum Gasteiger partial charge on any atom is 0.258 e. The Balaban J connectivity index is 0.00000144. The highest BCUT2D eigenvalue weighted by Crippen LogP contribution is 2.18. The third-order valence-corrected chi connectivity index (χ3v) is 2.45. The highest BCUT2D eigenvalue weighted by atomic mass is 35.5. The maximum absolute atomic E-state index is 11.4. The van der Waals surface area contributed by atoms with Crippen molar-refractivity contribution >= 4 is 18.3 Å². The number of carbonyl (C=O) groups is 1. The van der Waals surface area contributed by atoms with Crippen LogP contribution in [-0.4, -0.2) is 18.6 Å². The van der Waals surface area contributed by atoms with Crippen molar-refractivity contribution in [2.24, 2.45) is 5.73 Å². The lowest BCUT2D eigenvalue weighted by Crippen LogP contribution is -2.30. The van der Waals surface area contributed by atoms with E-state index in [0.29, 0.717) is 18.3 Å². The Morgan fingerprint density at radius 2 is 2.24 bits per heavy atom. The molecule has 1 aliphatic rings. The minimum Gasteiger partial charge on any atom is -0.484 e. The summed E-state index contributed by atoms with van der Waals surface area (Å²) in [6, 6.07) is 7.85. The first kappa shape index (κ1) is 13.8. The zero-order valence-electron chi connectivity index (χ0n) is 9.52. The lowest BCUT2D eigenvalue weighted by atomic mass is 10.2. The molecule has 2 rings (SSSR count). The quantitative estimate of drug-likeness (QED) is 0.833. The van der Waals surface area contributed by atoms with E-state index in [4.69, 9.17) is 10.5 Å². The molecule has 0 unspecified atom stereocenters. The number of carbonyl (C=O) groups excluding carboxylic acids is 1. The second-order valence-corrected chi connectivity index (χ2v) is 3.98. The molecule has 4 nitrogen and oxygen atoms in total. The number of ether oxygens (including phenoxy) is 1. The van der Waals surface area contributed by atoms with Crippen molar-refractivity contribution in [3.63, 3.8) is 0 Å². The van der Waals surface area contributed by atoms with Gasteiger partial charge in [-0.25, -0.2) is 0 Å². The Kier molecular flexibility index (Phi) is 5.25. The molecule has 1 fully saturated rings. The molecule has 1 aromatic rings. The standard InChI is InChI=1S/C12H16N2O2.ClH/c13-7-9-2-1-3-11(6-9)16-8-12(15)14-10-4-5-10;/h1-3,6,10H,4-5,7-8,13H2,(H,14,15);1H. The minimum atomic E-state index is -0.0550. The van der Waals surface area contributed by atoms with Crippen molar-refractivity contribution in [1.29, 1.82) is 0 Å². The average molecular weight is 257 g/mol. The summed E-state index contributed by atoms with van der Waals surface area (Å²) in [6.07, 6.45) is 2.18. The van der Waals surface area contributed by atoms with Gasteiger partial charge in [-0.15, -0.1) is 12.4 Å². The molecular formula is C12H17ClN2O2. The molecule has 0 aliphatic heterocycles. The van der Waals surface area contributed by atoms with Crippen LogP contribution in [-0.2, 0) is 11.3 Å². The number of nitrogens with two attached hydrogens (primary N) is 1. The number of halogens is 1. The van der Waals surface area contributed by atoms with Gasteiger partial charge in [-0.3, -0.25) is 4.79 Å². The molecule has 1 aromatic carbocycles. The van der Waals surface area contributed by atoms with E-state index in [1.807, 2.05) is 24.3 Å². The van der Waals surface area contributed by atoms with Gasteiger partial charge in [0.05, 0.1) is 0 Å². The van der Waals surface area contributed by atoms with E-state index in [-0.39, 0.29) is 24.9 Å². The Morgan fingerprint density at radius 3 is 2.88 bits per heavy atom. The summed E-state index contributed by atoms with van der Waals surface area (Å²) in [6.45, 7) is 0.552. The predicted molar refractivity (Wildman–Crippen MR) is 68.2 cm³/mol. The Bertz CT molecular complexity index is 381. The molecule has 0 radical (unpaired) electrons. The van der Waals surface area contributed by atoms with E-state index >= 15 is 0 Å². The molecule has 0 aromatic heterocycles. The summed E-state index contributed by atoms with van der Waals surface area (Å²) in [7, 11) is 0. The summed E-state index contributed by atoms with van der Waals surface area (Å²) < 4.78 is 5.37. The fourth-order valence-electron chi connectivity index (χ4n) is 1.41. The van der Waals surface area contributed by atoms with E-state index in [0.717, 1.165) is 18.4 Å². The third-order valence-electron chi connectivity index (χ3n) is 2.45. The van der Waals surface area contributed by atoms with Crippen molar-refractivity contribution in [3.05, 3.63) is 29.8 Å². The summed E-state index contributed by atoms with van der Waals surface area (Å²) in [4.78, 5) is 11.4. The number of benzene rings is 1. The van der Waals surface area contributed by atoms with Crippen LogP contribution in [0.5, 0.6) is 5.75 Å². The van der Waals surface area contributed by atoms with Gasteiger partial charge in [0.1, 0.15) is 5.75 Å². The second-order valence-electron chi connectivity index (χ2n) is 3.98. The Morgan fingerprint density at radius 1 is 1.47 bits per heavy atom. The molecule has 1 aliphatic carbocycles. The van der Waals surface area contributed by atoms with Gasteiger partial charge in [-0.1, -0.05) is 12.1 Å². The van der Waals surface area contributed by atoms with Gasteiger partial charge < -0.3 is 15.8 Å². The maximum atomic E-state index is 11.4. The molecule has 0 atom stereocenters. The zero-order chi connectivity index (χ0) is 11.4. The van der Waals surface area contributed by atoms with E-state index < -0.39 is 0 Å². The number of hydrogen-bond acceptors (Lipinski definition) is 3. The summed E-state index contributed by atoms with van der Waals surface area (Å²) >= 11 is 0. The smallest absolute Gasteiger partial charge is 0.258 e. The molecule has 17 heavy (non-hydrogen) atoms. The molecule has 0 saturated heterocycles. The van der Waals surface area contributed by atoms with E-state index in [2.05, 4.69) is 5.32 Å². The van der Waals surface area contributed by atoms with Gasteiger partial charge in [0.25, 0.3) is 5.91 Å². The van der Waals surface area contributed by atoms with E-state index in [1.165, 1.54) is 0 Å². The second kappa shape index (κ2) is 6.47. The molecule has 0 spiro atoms. The van der Waals surface area contributed by atoms with Crippen LogP contribution < -0.4 is 15.8 Å². The number of rotatable bonds is 5. The van der Waals surface area contributed by atoms with Crippen LogP contribution >= 0.6 is 12.4 Å². The van der Waals surface area contributed by atoms with Gasteiger partial charge in [-0.05, 0) is 30.5 Å². The fraction of sp³-hybridized carbons (Fsp3) is 0.417. The van der Waals surface area contributed by atoms with Crippen molar-refractivity contribution in [2.75, 3.05) is 6.61 Å². The number of nitrogens with one attached hydrogen (secondary N) is 1. The SMILES string of the molecule is Cl.NCc1cccc(OCC(=O)NC2CC2)c1. The monoisotopic (exact) mass is 256 g/mol. The van der Waals surface area contributed by atoms with Crippen molar-refractivity contribution in [3.8, 4) is 5.75 Å². The van der Waals surface area contributed by atoms with Gasteiger partial charge in [0.15, 0.2) is 6.61 Å². The topological polar surface area (TPSA) is 64.3 Å². The molecule has 1 amide bonds. The molecule has 5 heteroatoms. The Labute approximate surface area is 107 Å². The van der Waals surface area contributed by atoms with Crippen molar-refractivity contribution in [2.45, 2.75) is 25.4 Å². The fourth-order valence-corrected chi connectivity index (χ4v) is 1.41. The van der Waals surface area contributed by atoms with E-state index in [1.54, 1.807) is 0 Å². The van der Waals surface area contributed by atoms with Gasteiger partial charge >= 0.3 is 0 Å². The normalized spacial score (nSPS) is 13.7. The van der Waals surface area contributed by atoms with Crippen LogP contribution in [0.2, 0.25) is 0 Å². The van der Waals surface area contributed by atoms with Crippen LogP contribution in [0.15, 0.2) is 24.3 Å². The molecule has 94 valence electrons. The van der Waals surface area contributed by atoms with Crippen LogP contribution in [0, 0.1) is 0 Å². The van der Waals surface area contributed by atoms with Gasteiger partial charge in [0.2, 0.25) is 0 Å². The lowest BCUT2D eigenvalue weighted by Gasteiger charge is -2.07. The largest absolute Gasteiger partial charge is 0.484 e. The summed E-state index contributed by atoms with van der Waals surface area (Å²) in [5.74, 6) is 0.634. The molecule has 1 saturated carbocycles. The van der Waals surface area contributed by atoms with Crippen LogP contribution in [0.25, 0.3) is 0 Å². The Hall–Kier alpha value is -1.26. The van der Waals surface area contributed by atoms with Crippen LogP contribution in [0.3, 0.4) is 0 Å². The predicted octanol–water partition coefficient (Wildman–Crippen LogP) is 1.22. The molecule has 0 heterocycles. The first-order valence-corrected chi connectivity index (χ1v) is 5.49. The van der Waals surface area contributed by atoms with Gasteiger partial charge in [0, 0.05) is 12.6 Å². The van der Waals surface area contributed by atoms with E-state index in [9.17, 15) is 4.79 Å². The van der Waals surface area contributed by atoms with Crippen molar-refractivity contribution in [1.82, 2.24) is 5.32 Å². The summed E-state index contributed by atoms with van der Waals surface area (Å²) in [5, 5.41) is 2.86. The highest BCUT2D eigenvalue weighted by molar-refractivity contribution is 5.85. The molecular weight excluding hydrogens is 240 g/mol. The van der Waals surface area contributed by atoms with Crippen LogP contribution in [0.4, 0.5) is 0 Å². The summed E-state index contributed by atoms with van der Waals surface area (Å²) in [5.41, 5.74) is 6.51. The van der Waals surface area contributed by atoms with Gasteiger partial charge in [-0.2, -0.15) is 0 Å². The number of amides is 1. The minimum absolute atomic E-state index is 0.